The summed E-state index contributed by atoms with van der Waals surface area (Å²) in [5.41, 5.74) is 1.71. The SMILES string of the molecule is CCC1/C=C(\C)C[C@H](C)C[C@H](OC)[C@H]2O[C@@](O)(C(=O)C(=O)N3CCCC[C@H]3C(=O)O[C@H](/C(C)=C/[C@@H]3CC[C@H](Cl)[C@H](OC)C3)[C@H](C)[C@@H](O)CC1=O)[C@H](C)C[C@@H]2OC. The Morgan fingerprint density at radius 3 is 2.27 bits per heavy atom. The summed E-state index contributed by atoms with van der Waals surface area (Å²) in [7, 11) is 4.71. The normalized spacial score (nSPS) is 41.6. The quantitative estimate of drug-likeness (QED) is 0.146. The third-order valence-electron chi connectivity index (χ3n) is 12.8. The molecule has 3 aliphatic heterocycles. The fourth-order valence-electron chi connectivity index (χ4n) is 9.36. The number of fused-ring (bicyclic) bond motifs is 3. The molecule has 3 heterocycles. The molecule has 1 unspecified atom stereocenters. The van der Waals surface area contributed by atoms with E-state index < -0.39 is 77.8 Å². The van der Waals surface area contributed by atoms with Crippen molar-refractivity contribution in [2.45, 2.75) is 166 Å². The van der Waals surface area contributed by atoms with Gasteiger partial charge >= 0.3 is 5.97 Å². The van der Waals surface area contributed by atoms with Crippen molar-refractivity contribution in [2.75, 3.05) is 27.9 Å². The molecule has 0 aromatic rings. The molecule has 4 rings (SSSR count). The lowest BCUT2D eigenvalue weighted by atomic mass is 9.82. The zero-order chi connectivity index (χ0) is 41.5. The van der Waals surface area contributed by atoms with Crippen LogP contribution in [0.15, 0.2) is 23.3 Å². The van der Waals surface area contributed by atoms with Crippen LogP contribution in [0.1, 0.15) is 112 Å². The van der Waals surface area contributed by atoms with Gasteiger partial charge in [-0.3, -0.25) is 14.4 Å². The van der Waals surface area contributed by atoms with E-state index >= 15 is 0 Å². The van der Waals surface area contributed by atoms with Gasteiger partial charge < -0.3 is 38.8 Å². The lowest BCUT2D eigenvalue weighted by molar-refractivity contribution is -0.302. The number of methoxy groups -OCH3 is 3. The van der Waals surface area contributed by atoms with Crippen molar-refractivity contribution in [1.82, 2.24) is 4.90 Å². The molecule has 0 aromatic heterocycles. The van der Waals surface area contributed by atoms with Crippen LogP contribution in [0.4, 0.5) is 0 Å². The summed E-state index contributed by atoms with van der Waals surface area (Å²) < 4.78 is 29.9. The number of alkyl halides is 1. The second-order valence-corrected chi connectivity index (χ2v) is 17.7. The van der Waals surface area contributed by atoms with Gasteiger partial charge in [0.15, 0.2) is 0 Å². The van der Waals surface area contributed by atoms with Gasteiger partial charge in [-0.15, -0.1) is 11.6 Å². The minimum absolute atomic E-state index is 0.0425. The zero-order valence-electron chi connectivity index (χ0n) is 35.0. The topological polar surface area (TPSA) is 158 Å². The van der Waals surface area contributed by atoms with E-state index in [1.165, 1.54) is 19.1 Å². The molecule has 4 aliphatic rings. The van der Waals surface area contributed by atoms with Crippen molar-refractivity contribution < 1.29 is 53.1 Å². The van der Waals surface area contributed by atoms with Crippen molar-refractivity contribution in [1.29, 1.82) is 0 Å². The Kier molecular flexibility index (Phi) is 17.2. The van der Waals surface area contributed by atoms with Gasteiger partial charge in [0.2, 0.25) is 5.79 Å². The van der Waals surface area contributed by atoms with Crippen molar-refractivity contribution in [3.8, 4) is 0 Å². The Morgan fingerprint density at radius 1 is 0.964 bits per heavy atom. The van der Waals surface area contributed by atoms with Gasteiger partial charge in [0, 0.05) is 52.0 Å². The number of carbonyl (C=O) groups is 4. The van der Waals surface area contributed by atoms with Crippen molar-refractivity contribution >= 4 is 35.0 Å². The maximum Gasteiger partial charge on any atom is 0.329 e. The summed E-state index contributed by atoms with van der Waals surface area (Å²) in [6.45, 7) is 11.3. The molecule has 1 aliphatic carbocycles. The van der Waals surface area contributed by atoms with Crippen molar-refractivity contribution in [2.24, 2.45) is 29.6 Å². The Bertz CT molecular complexity index is 1440. The van der Waals surface area contributed by atoms with Crippen LogP contribution < -0.4 is 0 Å². The number of nitrogens with zero attached hydrogens (tertiary/aromatic N) is 1. The maximum absolute atomic E-state index is 14.3. The van der Waals surface area contributed by atoms with E-state index in [0.717, 1.165) is 18.4 Å². The Labute approximate surface area is 339 Å². The van der Waals surface area contributed by atoms with Gasteiger partial charge in [0.25, 0.3) is 11.7 Å². The van der Waals surface area contributed by atoms with Gasteiger partial charge in [-0.05, 0) is 95.5 Å². The number of rotatable bonds is 6. The fraction of sp³-hybridized carbons (Fsp3) is 0.814. The number of piperidine rings is 1. The van der Waals surface area contributed by atoms with Crippen molar-refractivity contribution in [3.05, 3.63) is 23.3 Å². The molecule has 0 aromatic carbocycles. The third-order valence-corrected chi connectivity index (χ3v) is 13.3. The number of hydrogen-bond donors (Lipinski definition) is 2. The number of ketones is 2. The minimum atomic E-state index is -2.49. The van der Waals surface area contributed by atoms with Crippen LogP contribution in [-0.4, -0.2) is 120 Å². The molecule has 2 N–H and O–H groups in total. The van der Waals surface area contributed by atoms with E-state index in [9.17, 15) is 29.4 Å². The number of amides is 1. The highest BCUT2D eigenvalue weighted by Gasteiger charge is 2.56. The van der Waals surface area contributed by atoms with E-state index in [1.54, 1.807) is 21.0 Å². The van der Waals surface area contributed by atoms with Crippen LogP contribution in [0.5, 0.6) is 0 Å². The number of halogens is 1. The van der Waals surface area contributed by atoms with E-state index in [1.807, 2.05) is 32.9 Å². The van der Waals surface area contributed by atoms with E-state index in [-0.39, 0.29) is 54.9 Å². The van der Waals surface area contributed by atoms with E-state index in [0.29, 0.717) is 44.1 Å². The first-order valence-electron chi connectivity index (χ1n) is 20.7. The largest absolute Gasteiger partial charge is 0.456 e. The Balaban J connectivity index is 1.76. The number of aliphatic hydroxyl groups is 2. The fourth-order valence-corrected chi connectivity index (χ4v) is 9.69. The van der Waals surface area contributed by atoms with Crippen LogP contribution in [0.25, 0.3) is 0 Å². The molecule has 3 fully saturated rings. The molecule has 13 heteroatoms. The molecular formula is C43H68ClNO11. The van der Waals surface area contributed by atoms with E-state index in [4.69, 9.17) is 35.3 Å². The monoisotopic (exact) mass is 809 g/mol. The molecule has 0 spiro atoms. The average Bonchev–Trinajstić information content (AvgIpc) is 3.18. The van der Waals surface area contributed by atoms with Crippen LogP contribution in [0.2, 0.25) is 0 Å². The summed E-state index contributed by atoms with van der Waals surface area (Å²) in [6, 6.07) is -1.12. The molecule has 1 amide bonds. The number of ether oxygens (including phenoxy) is 5. The predicted molar refractivity (Wildman–Crippen MR) is 212 cm³/mol. The highest BCUT2D eigenvalue weighted by Crippen LogP contribution is 2.39. The minimum Gasteiger partial charge on any atom is -0.456 e. The molecule has 0 radical (unpaired) electrons. The third kappa shape index (κ3) is 10.9. The number of carbonyl (C=O) groups excluding carboxylic acids is 4. The number of hydrogen-bond acceptors (Lipinski definition) is 11. The van der Waals surface area contributed by atoms with Crippen LogP contribution in [0.3, 0.4) is 0 Å². The van der Waals surface area contributed by atoms with Crippen LogP contribution >= 0.6 is 11.6 Å². The Hall–Kier alpha value is -2.19. The molecule has 2 saturated heterocycles. The van der Waals surface area contributed by atoms with Crippen molar-refractivity contribution in [3.63, 3.8) is 0 Å². The van der Waals surface area contributed by atoms with Crippen LogP contribution in [-0.2, 0) is 42.9 Å². The number of Topliss-reactive ketones (excluding diaryl/α,β-unsaturated/α-hetero) is 2. The second kappa shape index (κ2) is 20.7. The highest BCUT2D eigenvalue weighted by atomic mass is 35.5. The molecule has 2 bridgehead atoms. The second-order valence-electron chi connectivity index (χ2n) is 17.1. The maximum atomic E-state index is 14.3. The molecule has 318 valence electrons. The van der Waals surface area contributed by atoms with E-state index in [2.05, 4.69) is 6.92 Å². The molecule has 12 nitrogen and oxygen atoms in total. The standard InChI is InChI=1S/C43H68ClNO11/c1-10-30-18-24(2)17-25(3)19-36(53-8)39-37(54-9)21-27(5)43(51,56-39)40(48)41(49)45-16-12-11-13-32(45)42(50)55-38(28(6)33(46)23-34(30)47)26(4)20-29-14-15-31(44)35(22-29)52-7/h18,20,25,27-33,35-39,46,51H,10-17,19,21-23H2,1-9H3/b24-18+,26-20+/t25-,27+,28+,29-,30?,31-,32-,33-,35+,36-,37-,38+,39+,43+/m0/s1. The van der Waals surface area contributed by atoms with Gasteiger partial charge in [0.05, 0.1) is 29.8 Å². The molecule has 14 atom stereocenters. The number of esters is 1. The summed E-state index contributed by atoms with van der Waals surface area (Å²) in [5.74, 6) is -7.31. The molecular weight excluding hydrogens is 742 g/mol. The zero-order valence-corrected chi connectivity index (χ0v) is 35.8. The van der Waals surface area contributed by atoms with Gasteiger partial charge in [-0.25, -0.2) is 4.79 Å². The van der Waals surface area contributed by atoms with Gasteiger partial charge in [0.1, 0.15) is 24.0 Å². The summed E-state index contributed by atoms with van der Waals surface area (Å²) in [4.78, 5) is 57.7. The van der Waals surface area contributed by atoms with Gasteiger partial charge in [-0.1, -0.05) is 45.4 Å². The number of aliphatic hydroxyl groups excluding tert-OH is 1. The molecule has 1 saturated carbocycles. The first-order valence-corrected chi connectivity index (χ1v) is 21.2. The first kappa shape index (κ1) is 46.5. The van der Waals surface area contributed by atoms with Crippen LogP contribution in [0, 0.1) is 29.6 Å². The summed E-state index contributed by atoms with van der Waals surface area (Å²) >= 11 is 6.52. The Morgan fingerprint density at radius 2 is 1.62 bits per heavy atom. The lowest BCUT2D eigenvalue weighted by Crippen LogP contribution is -2.64. The molecule has 56 heavy (non-hydrogen) atoms. The lowest BCUT2D eigenvalue weighted by Gasteiger charge is -2.47. The first-order chi connectivity index (χ1) is 26.5. The summed E-state index contributed by atoms with van der Waals surface area (Å²) in [6.07, 6.45) is 5.16. The number of cyclic esters (lactones) is 1. The number of allylic oxidation sites excluding steroid dienone is 3. The summed E-state index contributed by atoms with van der Waals surface area (Å²) in [5, 5.41) is 23.6. The predicted octanol–water partition coefficient (Wildman–Crippen LogP) is 5.72. The average molecular weight is 810 g/mol. The smallest absolute Gasteiger partial charge is 0.329 e. The van der Waals surface area contributed by atoms with Gasteiger partial charge in [-0.2, -0.15) is 0 Å². The highest BCUT2D eigenvalue weighted by molar-refractivity contribution is 6.39.